The molecule has 0 aliphatic heterocycles. The Morgan fingerprint density at radius 3 is 2.50 bits per heavy atom. The number of methoxy groups -OCH3 is 1. The van der Waals surface area contributed by atoms with Crippen LogP contribution in [0.4, 0.5) is 0 Å². The molecule has 0 amide bonds. The van der Waals surface area contributed by atoms with E-state index in [-0.39, 0.29) is 12.4 Å². The number of fused-ring (bicyclic) bond motifs is 1. The van der Waals surface area contributed by atoms with Crippen molar-refractivity contribution in [3.05, 3.63) is 40.6 Å². The molecule has 0 atom stereocenters. The quantitative estimate of drug-likeness (QED) is 0.761. The van der Waals surface area contributed by atoms with Gasteiger partial charge in [-0.15, -0.1) is 0 Å². The van der Waals surface area contributed by atoms with Crippen LogP contribution < -0.4 is 0 Å². The summed E-state index contributed by atoms with van der Waals surface area (Å²) in [6.45, 7) is 6.17. The van der Waals surface area contributed by atoms with E-state index in [0.29, 0.717) is 0 Å². The van der Waals surface area contributed by atoms with E-state index in [1.54, 1.807) is 0 Å². The van der Waals surface area contributed by atoms with Crippen LogP contribution in [0.1, 0.15) is 22.4 Å². The fourth-order valence-corrected chi connectivity index (χ4v) is 2.25. The second kappa shape index (κ2) is 4.77. The van der Waals surface area contributed by atoms with Crippen molar-refractivity contribution >= 4 is 16.9 Å². The number of carbonyl (C=O) groups excluding carboxylic acids is 1. The smallest absolute Gasteiger partial charge is 0.311 e. The Balaban J connectivity index is 2.61. The average Bonchev–Trinajstić information content (AvgIpc) is 2.33. The van der Waals surface area contributed by atoms with E-state index in [1.165, 1.54) is 18.1 Å². The molecule has 0 N–H and O–H groups in total. The number of pyridine rings is 1. The first-order chi connectivity index (χ1) is 8.52. The summed E-state index contributed by atoms with van der Waals surface area (Å²) in [5, 5.41) is 1.18. The van der Waals surface area contributed by atoms with Gasteiger partial charge in [-0.3, -0.25) is 9.78 Å². The van der Waals surface area contributed by atoms with Gasteiger partial charge in [0.15, 0.2) is 0 Å². The van der Waals surface area contributed by atoms with Gasteiger partial charge in [-0.1, -0.05) is 12.1 Å². The van der Waals surface area contributed by atoms with Gasteiger partial charge in [0.1, 0.15) is 0 Å². The van der Waals surface area contributed by atoms with Gasteiger partial charge in [-0.05, 0) is 43.5 Å². The minimum absolute atomic E-state index is 0.223. The first-order valence-electron chi connectivity index (χ1n) is 5.96. The summed E-state index contributed by atoms with van der Waals surface area (Å²) in [6.07, 6.45) is 0.223. The molecule has 2 rings (SSSR count). The minimum Gasteiger partial charge on any atom is -0.469 e. The molecule has 0 spiro atoms. The molecule has 1 aromatic heterocycles. The Bertz CT molecular complexity index is 617. The van der Waals surface area contributed by atoms with Gasteiger partial charge in [0.25, 0.3) is 0 Å². The normalized spacial score (nSPS) is 10.7. The molecule has 0 bridgehead atoms. The number of carbonyl (C=O) groups is 1. The van der Waals surface area contributed by atoms with Gasteiger partial charge in [0.05, 0.1) is 24.7 Å². The van der Waals surface area contributed by atoms with Crippen LogP contribution in [0.25, 0.3) is 10.9 Å². The highest BCUT2D eigenvalue weighted by Gasteiger charge is 2.10. The van der Waals surface area contributed by atoms with Crippen LogP contribution in [0.3, 0.4) is 0 Å². The standard InChI is InChI=1S/C15H17NO2/c1-9-5-6-10(2)15-14(9)11(3)7-12(16-15)8-13(17)18-4/h5-7H,8H2,1-4H3. The maximum atomic E-state index is 11.3. The van der Waals surface area contributed by atoms with E-state index in [9.17, 15) is 4.79 Å². The highest BCUT2D eigenvalue weighted by atomic mass is 16.5. The van der Waals surface area contributed by atoms with Gasteiger partial charge in [-0.25, -0.2) is 0 Å². The van der Waals surface area contributed by atoms with Crippen molar-refractivity contribution in [1.29, 1.82) is 0 Å². The van der Waals surface area contributed by atoms with Crippen molar-refractivity contribution in [3.8, 4) is 0 Å². The third-order valence-electron chi connectivity index (χ3n) is 3.17. The SMILES string of the molecule is COC(=O)Cc1cc(C)c2c(C)ccc(C)c2n1. The largest absolute Gasteiger partial charge is 0.469 e. The topological polar surface area (TPSA) is 39.2 Å². The molecule has 2 aromatic rings. The molecule has 0 aliphatic rings. The van der Waals surface area contributed by atoms with E-state index in [4.69, 9.17) is 0 Å². The van der Waals surface area contributed by atoms with Crippen LogP contribution in [-0.2, 0) is 16.0 Å². The lowest BCUT2D eigenvalue weighted by atomic mass is 10.0. The van der Waals surface area contributed by atoms with E-state index in [1.807, 2.05) is 13.0 Å². The number of ether oxygens (including phenoxy) is 1. The van der Waals surface area contributed by atoms with Crippen LogP contribution >= 0.6 is 0 Å². The lowest BCUT2D eigenvalue weighted by Crippen LogP contribution is -2.07. The van der Waals surface area contributed by atoms with Gasteiger partial charge in [0, 0.05) is 5.39 Å². The Labute approximate surface area is 107 Å². The predicted molar refractivity (Wildman–Crippen MR) is 71.7 cm³/mol. The Hall–Kier alpha value is -1.90. The van der Waals surface area contributed by atoms with Crippen molar-refractivity contribution in [2.24, 2.45) is 0 Å². The fraction of sp³-hybridized carbons (Fsp3) is 0.333. The molecule has 0 saturated carbocycles. The molecule has 1 heterocycles. The lowest BCUT2D eigenvalue weighted by Gasteiger charge is -2.10. The number of aromatic nitrogens is 1. The van der Waals surface area contributed by atoms with Gasteiger partial charge >= 0.3 is 5.97 Å². The monoisotopic (exact) mass is 243 g/mol. The zero-order valence-corrected chi connectivity index (χ0v) is 11.2. The highest BCUT2D eigenvalue weighted by molar-refractivity contribution is 5.88. The minimum atomic E-state index is -0.258. The van der Waals surface area contributed by atoms with Gasteiger partial charge in [0.2, 0.25) is 0 Å². The molecule has 0 fully saturated rings. The van der Waals surface area contributed by atoms with E-state index in [2.05, 4.69) is 35.7 Å². The number of hydrogen-bond donors (Lipinski definition) is 0. The number of rotatable bonds is 2. The first-order valence-corrected chi connectivity index (χ1v) is 5.96. The predicted octanol–water partition coefficient (Wildman–Crippen LogP) is 2.88. The van der Waals surface area contributed by atoms with Gasteiger partial charge in [-0.2, -0.15) is 0 Å². The van der Waals surface area contributed by atoms with Crippen molar-refractivity contribution in [2.75, 3.05) is 7.11 Å². The number of hydrogen-bond acceptors (Lipinski definition) is 3. The molecule has 3 nitrogen and oxygen atoms in total. The molecule has 0 unspecified atom stereocenters. The summed E-state index contributed by atoms with van der Waals surface area (Å²) in [6, 6.07) is 6.13. The van der Waals surface area contributed by atoms with E-state index < -0.39 is 0 Å². The second-order valence-corrected chi connectivity index (χ2v) is 4.61. The van der Waals surface area contributed by atoms with Crippen molar-refractivity contribution in [3.63, 3.8) is 0 Å². The van der Waals surface area contributed by atoms with E-state index >= 15 is 0 Å². The van der Waals surface area contributed by atoms with Gasteiger partial charge < -0.3 is 4.74 Å². The second-order valence-electron chi connectivity index (χ2n) is 4.61. The number of esters is 1. The molecule has 0 aliphatic carbocycles. The molecule has 1 aromatic carbocycles. The Morgan fingerprint density at radius 1 is 1.17 bits per heavy atom. The van der Waals surface area contributed by atoms with Crippen LogP contribution in [-0.4, -0.2) is 18.1 Å². The summed E-state index contributed by atoms with van der Waals surface area (Å²) in [4.78, 5) is 15.9. The molecule has 0 radical (unpaired) electrons. The van der Waals surface area contributed by atoms with Crippen LogP contribution in [0.2, 0.25) is 0 Å². The van der Waals surface area contributed by atoms with Crippen LogP contribution in [0.5, 0.6) is 0 Å². The summed E-state index contributed by atoms with van der Waals surface area (Å²) in [5.41, 5.74) is 5.24. The Morgan fingerprint density at radius 2 is 1.83 bits per heavy atom. The molecular weight excluding hydrogens is 226 g/mol. The van der Waals surface area contributed by atoms with E-state index in [0.717, 1.165) is 22.3 Å². The first kappa shape index (κ1) is 12.6. The van der Waals surface area contributed by atoms with Crippen LogP contribution in [0, 0.1) is 20.8 Å². The summed E-state index contributed by atoms with van der Waals surface area (Å²) in [5.74, 6) is -0.258. The zero-order chi connectivity index (χ0) is 13.3. The Kier molecular flexibility index (Phi) is 3.32. The summed E-state index contributed by atoms with van der Waals surface area (Å²) >= 11 is 0. The maximum absolute atomic E-state index is 11.3. The molecule has 3 heteroatoms. The lowest BCUT2D eigenvalue weighted by molar-refractivity contribution is -0.139. The zero-order valence-electron chi connectivity index (χ0n) is 11.2. The third kappa shape index (κ3) is 2.21. The molecular formula is C15H17NO2. The number of aryl methyl sites for hydroxylation is 3. The fourth-order valence-electron chi connectivity index (χ4n) is 2.25. The molecule has 94 valence electrons. The average molecular weight is 243 g/mol. The number of benzene rings is 1. The van der Waals surface area contributed by atoms with Crippen LogP contribution in [0.15, 0.2) is 18.2 Å². The van der Waals surface area contributed by atoms with Crippen molar-refractivity contribution in [1.82, 2.24) is 4.98 Å². The van der Waals surface area contributed by atoms with Crippen molar-refractivity contribution < 1.29 is 9.53 Å². The molecule has 0 saturated heterocycles. The number of nitrogens with zero attached hydrogens (tertiary/aromatic N) is 1. The highest BCUT2D eigenvalue weighted by Crippen LogP contribution is 2.24. The third-order valence-corrected chi connectivity index (χ3v) is 3.17. The summed E-state index contributed by atoms with van der Waals surface area (Å²) in [7, 11) is 1.39. The van der Waals surface area contributed by atoms with Crippen molar-refractivity contribution in [2.45, 2.75) is 27.2 Å². The summed E-state index contributed by atoms with van der Waals surface area (Å²) < 4.78 is 4.68. The maximum Gasteiger partial charge on any atom is 0.311 e. The molecule has 18 heavy (non-hydrogen) atoms.